The highest BCUT2D eigenvalue weighted by Gasteiger charge is 2.59. The molecule has 0 aromatic rings. The monoisotopic (exact) mass is 211 g/mol. The number of hydrogen-bond donors (Lipinski definition) is 1. The molecular formula is C12H21NS. The summed E-state index contributed by atoms with van der Waals surface area (Å²) < 4.78 is 0. The zero-order chi connectivity index (χ0) is 9.81. The van der Waals surface area contributed by atoms with E-state index < -0.39 is 0 Å². The van der Waals surface area contributed by atoms with Gasteiger partial charge in [-0.05, 0) is 44.1 Å². The molecule has 3 atom stereocenters. The summed E-state index contributed by atoms with van der Waals surface area (Å²) in [4.78, 5) is 2.83. The van der Waals surface area contributed by atoms with Crippen LogP contribution in [-0.2, 0) is 0 Å². The zero-order valence-electron chi connectivity index (χ0n) is 9.13. The molecule has 2 aliphatic heterocycles. The molecule has 3 unspecified atom stereocenters. The molecule has 3 fully saturated rings. The third-order valence-corrected chi connectivity index (χ3v) is 5.67. The first-order chi connectivity index (χ1) is 6.70. The van der Waals surface area contributed by atoms with Crippen molar-refractivity contribution in [3.8, 4) is 0 Å². The lowest BCUT2D eigenvalue weighted by Crippen LogP contribution is -2.43. The highest BCUT2D eigenvalue weighted by atomic mass is 32.1. The molecule has 2 heterocycles. The highest BCUT2D eigenvalue weighted by molar-refractivity contribution is 7.80. The molecule has 2 heteroatoms. The summed E-state index contributed by atoms with van der Waals surface area (Å²) in [5.41, 5.74) is 1.14. The van der Waals surface area contributed by atoms with Crippen molar-refractivity contribution in [3.63, 3.8) is 0 Å². The quantitative estimate of drug-likeness (QED) is 0.653. The molecule has 3 rings (SSSR count). The minimum atomic E-state index is 0.503. The molecule has 0 N–H and O–H groups in total. The van der Waals surface area contributed by atoms with Crippen LogP contribution in [-0.4, -0.2) is 28.8 Å². The van der Waals surface area contributed by atoms with Crippen LogP contribution < -0.4 is 0 Å². The fourth-order valence-corrected chi connectivity index (χ4v) is 5.02. The fraction of sp³-hybridized carbons (Fsp3) is 1.00. The Bertz CT molecular complexity index is 255. The molecule has 0 aromatic heterocycles. The first-order valence-corrected chi connectivity index (χ1v) is 6.71. The summed E-state index contributed by atoms with van der Waals surface area (Å²) >= 11 is 4.62. The largest absolute Gasteiger partial charge is 0.293 e. The fourth-order valence-electron chi connectivity index (χ4n) is 4.57. The van der Waals surface area contributed by atoms with Gasteiger partial charge in [0.15, 0.2) is 0 Å². The SMILES string of the molecule is CC12CCCC1N1CCCC1(CS)C2. The Labute approximate surface area is 92.7 Å². The Kier molecular flexibility index (Phi) is 1.98. The molecule has 0 bridgehead atoms. The molecule has 1 saturated carbocycles. The van der Waals surface area contributed by atoms with Crippen molar-refractivity contribution in [2.24, 2.45) is 5.41 Å². The van der Waals surface area contributed by atoms with Gasteiger partial charge in [-0.15, -0.1) is 0 Å². The van der Waals surface area contributed by atoms with Gasteiger partial charge < -0.3 is 0 Å². The standard InChI is InChI=1S/C12H21NS/c1-11-5-2-4-10(11)13-7-3-6-12(13,8-11)9-14/h10,14H,2-9H2,1H3. The van der Waals surface area contributed by atoms with E-state index in [1.165, 1.54) is 45.1 Å². The van der Waals surface area contributed by atoms with Crippen LogP contribution in [0, 0.1) is 5.41 Å². The predicted molar refractivity (Wildman–Crippen MR) is 62.9 cm³/mol. The van der Waals surface area contributed by atoms with Crippen LogP contribution in [0.5, 0.6) is 0 Å². The molecule has 1 nitrogen and oxygen atoms in total. The summed E-state index contributed by atoms with van der Waals surface area (Å²) in [6.45, 7) is 3.87. The van der Waals surface area contributed by atoms with E-state index in [1.807, 2.05) is 0 Å². The third-order valence-electron chi connectivity index (χ3n) is 5.08. The van der Waals surface area contributed by atoms with Gasteiger partial charge in [-0.2, -0.15) is 12.6 Å². The maximum Gasteiger partial charge on any atom is 0.0306 e. The van der Waals surface area contributed by atoms with Crippen molar-refractivity contribution in [3.05, 3.63) is 0 Å². The van der Waals surface area contributed by atoms with E-state index in [0.29, 0.717) is 11.0 Å². The molecule has 80 valence electrons. The summed E-state index contributed by atoms with van der Waals surface area (Å²) in [6.07, 6.45) is 8.61. The van der Waals surface area contributed by atoms with Crippen LogP contribution >= 0.6 is 12.6 Å². The molecule has 2 saturated heterocycles. The van der Waals surface area contributed by atoms with Gasteiger partial charge in [-0.3, -0.25) is 4.90 Å². The molecule has 14 heavy (non-hydrogen) atoms. The van der Waals surface area contributed by atoms with Crippen LogP contribution in [0.15, 0.2) is 0 Å². The van der Waals surface area contributed by atoms with E-state index in [0.717, 1.165) is 11.8 Å². The van der Waals surface area contributed by atoms with E-state index in [9.17, 15) is 0 Å². The Morgan fingerprint density at radius 2 is 2.21 bits per heavy atom. The van der Waals surface area contributed by atoms with Crippen molar-refractivity contribution in [2.75, 3.05) is 12.3 Å². The lowest BCUT2D eigenvalue weighted by molar-refractivity contribution is 0.159. The topological polar surface area (TPSA) is 3.24 Å². The molecule has 0 radical (unpaired) electrons. The molecule has 1 aliphatic carbocycles. The second-order valence-electron chi connectivity index (χ2n) is 5.92. The van der Waals surface area contributed by atoms with Crippen molar-refractivity contribution >= 4 is 12.6 Å². The maximum absolute atomic E-state index is 4.62. The average molecular weight is 211 g/mol. The van der Waals surface area contributed by atoms with Crippen LogP contribution in [0.4, 0.5) is 0 Å². The maximum atomic E-state index is 4.62. The summed E-state index contributed by atoms with van der Waals surface area (Å²) in [5, 5.41) is 0. The van der Waals surface area contributed by atoms with Gasteiger partial charge in [0.25, 0.3) is 0 Å². The lowest BCUT2D eigenvalue weighted by Gasteiger charge is -2.33. The number of thiol groups is 1. The normalized spacial score (nSPS) is 52.3. The molecular weight excluding hydrogens is 190 g/mol. The summed E-state index contributed by atoms with van der Waals surface area (Å²) in [6, 6.07) is 0.900. The predicted octanol–water partition coefficient (Wildman–Crippen LogP) is 2.71. The number of nitrogens with zero attached hydrogens (tertiary/aromatic N) is 1. The smallest absolute Gasteiger partial charge is 0.0306 e. The second kappa shape index (κ2) is 2.91. The van der Waals surface area contributed by atoms with Crippen LogP contribution in [0.1, 0.15) is 45.4 Å². The number of hydrogen-bond acceptors (Lipinski definition) is 2. The van der Waals surface area contributed by atoms with Crippen molar-refractivity contribution in [1.82, 2.24) is 4.90 Å². The van der Waals surface area contributed by atoms with Gasteiger partial charge >= 0.3 is 0 Å². The van der Waals surface area contributed by atoms with Crippen molar-refractivity contribution in [1.29, 1.82) is 0 Å². The first kappa shape index (κ1) is 9.53. The van der Waals surface area contributed by atoms with Gasteiger partial charge in [0.05, 0.1) is 0 Å². The summed E-state index contributed by atoms with van der Waals surface area (Å²) in [7, 11) is 0. The molecule has 3 aliphatic rings. The third kappa shape index (κ3) is 1.02. The Hall–Kier alpha value is 0.310. The van der Waals surface area contributed by atoms with Gasteiger partial charge in [0, 0.05) is 17.3 Å². The van der Waals surface area contributed by atoms with Gasteiger partial charge in [-0.1, -0.05) is 13.3 Å². The van der Waals surface area contributed by atoms with E-state index in [2.05, 4.69) is 24.5 Å². The minimum absolute atomic E-state index is 0.503. The van der Waals surface area contributed by atoms with E-state index in [-0.39, 0.29) is 0 Å². The average Bonchev–Trinajstić information content (AvgIpc) is 2.73. The first-order valence-electron chi connectivity index (χ1n) is 6.08. The summed E-state index contributed by atoms with van der Waals surface area (Å²) in [5.74, 6) is 1.08. The number of rotatable bonds is 1. The highest BCUT2D eigenvalue weighted by Crippen LogP contribution is 2.58. The van der Waals surface area contributed by atoms with Gasteiger partial charge in [0.1, 0.15) is 0 Å². The molecule has 0 amide bonds. The molecule has 0 aromatic carbocycles. The molecule has 0 spiro atoms. The second-order valence-corrected chi connectivity index (χ2v) is 6.23. The van der Waals surface area contributed by atoms with E-state index >= 15 is 0 Å². The van der Waals surface area contributed by atoms with Gasteiger partial charge in [0.2, 0.25) is 0 Å². The van der Waals surface area contributed by atoms with Crippen LogP contribution in [0.25, 0.3) is 0 Å². The van der Waals surface area contributed by atoms with Crippen LogP contribution in [0.3, 0.4) is 0 Å². The zero-order valence-corrected chi connectivity index (χ0v) is 10.0. The Morgan fingerprint density at radius 1 is 1.36 bits per heavy atom. The van der Waals surface area contributed by atoms with Crippen molar-refractivity contribution < 1.29 is 0 Å². The number of fused-ring (bicyclic) bond motifs is 3. The Balaban J connectivity index is 1.96. The van der Waals surface area contributed by atoms with E-state index in [4.69, 9.17) is 0 Å². The lowest BCUT2D eigenvalue weighted by atomic mass is 9.79. The van der Waals surface area contributed by atoms with E-state index in [1.54, 1.807) is 0 Å². The minimum Gasteiger partial charge on any atom is -0.293 e. The Morgan fingerprint density at radius 3 is 3.00 bits per heavy atom. The van der Waals surface area contributed by atoms with Crippen LogP contribution in [0.2, 0.25) is 0 Å². The van der Waals surface area contributed by atoms with Crippen molar-refractivity contribution in [2.45, 2.75) is 57.0 Å². The van der Waals surface area contributed by atoms with Gasteiger partial charge in [-0.25, -0.2) is 0 Å².